The van der Waals surface area contributed by atoms with Crippen molar-refractivity contribution in [3.8, 4) is 0 Å². The zero-order valence-electron chi connectivity index (χ0n) is 10.6. The zero-order valence-corrected chi connectivity index (χ0v) is 11.4. The summed E-state index contributed by atoms with van der Waals surface area (Å²) in [5.41, 5.74) is 0. The lowest BCUT2D eigenvalue weighted by Gasteiger charge is -2.37. The fourth-order valence-corrected chi connectivity index (χ4v) is 4.45. The first-order chi connectivity index (χ1) is 8.11. The van der Waals surface area contributed by atoms with Crippen LogP contribution in [0.5, 0.6) is 0 Å². The smallest absolute Gasteiger partial charge is 0.151 e. The van der Waals surface area contributed by atoms with E-state index in [4.69, 9.17) is 0 Å². The Bertz CT molecular complexity index is 337. The average molecular weight is 261 g/mol. The molecule has 1 atom stereocenters. The Balaban J connectivity index is 1.76. The molecular formula is C11H23N3O2S. The first kappa shape index (κ1) is 13.3. The number of rotatable bonds is 4. The molecule has 0 radical (unpaired) electrons. The SMILES string of the molecule is CNCCN1CCN(C2CCS(=O)(=O)C2)CC1. The van der Waals surface area contributed by atoms with Gasteiger partial charge < -0.3 is 5.32 Å². The number of hydrogen-bond acceptors (Lipinski definition) is 5. The molecule has 1 unspecified atom stereocenters. The third kappa shape index (κ3) is 3.64. The number of likely N-dealkylation sites (N-methyl/N-ethyl adjacent to an activating group) is 1. The molecule has 0 aromatic rings. The first-order valence-corrected chi connectivity index (χ1v) is 8.24. The Labute approximate surface area is 104 Å². The van der Waals surface area contributed by atoms with Crippen molar-refractivity contribution in [1.82, 2.24) is 15.1 Å². The van der Waals surface area contributed by atoms with Gasteiger partial charge in [-0.25, -0.2) is 8.42 Å². The largest absolute Gasteiger partial charge is 0.318 e. The topological polar surface area (TPSA) is 52.6 Å². The minimum Gasteiger partial charge on any atom is -0.318 e. The van der Waals surface area contributed by atoms with Crippen molar-refractivity contribution in [2.75, 3.05) is 57.8 Å². The summed E-state index contributed by atoms with van der Waals surface area (Å²) in [6.07, 6.45) is 0.832. The van der Waals surface area contributed by atoms with E-state index >= 15 is 0 Å². The van der Waals surface area contributed by atoms with E-state index in [2.05, 4.69) is 15.1 Å². The Hall–Kier alpha value is -0.170. The molecule has 0 aliphatic carbocycles. The van der Waals surface area contributed by atoms with Crippen molar-refractivity contribution < 1.29 is 8.42 Å². The maximum absolute atomic E-state index is 11.4. The Morgan fingerprint density at radius 2 is 1.94 bits per heavy atom. The van der Waals surface area contributed by atoms with Crippen LogP contribution in [0.3, 0.4) is 0 Å². The molecule has 0 bridgehead atoms. The third-order valence-corrected chi connectivity index (χ3v) is 5.56. The Morgan fingerprint density at radius 3 is 2.47 bits per heavy atom. The molecule has 2 fully saturated rings. The summed E-state index contributed by atoms with van der Waals surface area (Å²) in [6, 6.07) is 0.284. The molecule has 2 aliphatic heterocycles. The van der Waals surface area contributed by atoms with Gasteiger partial charge in [-0.05, 0) is 13.5 Å². The van der Waals surface area contributed by atoms with E-state index < -0.39 is 9.84 Å². The van der Waals surface area contributed by atoms with Crippen LogP contribution in [-0.4, -0.2) is 82.1 Å². The number of sulfone groups is 1. The van der Waals surface area contributed by atoms with Crippen molar-refractivity contribution in [2.45, 2.75) is 12.5 Å². The Morgan fingerprint density at radius 1 is 1.24 bits per heavy atom. The van der Waals surface area contributed by atoms with Crippen LogP contribution in [0.4, 0.5) is 0 Å². The molecule has 2 rings (SSSR count). The van der Waals surface area contributed by atoms with E-state index in [1.807, 2.05) is 7.05 Å². The molecular weight excluding hydrogens is 238 g/mol. The van der Waals surface area contributed by atoms with E-state index in [9.17, 15) is 8.42 Å². The monoisotopic (exact) mass is 261 g/mol. The van der Waals surface area contributed by atoms with Crippen LogP contribution in [0, 0.1) is 0 Å². The van der Waals surface area contributed by atoms with Crippen molar-refractivity contribution >= 4 is 9.84 Å². The maximum Gasteiger partial charge on any atom is 0.151 e. The highest BCUT2D eigenvalue weighted by Gasteiger charge is 2.33. The number of piperazine rings is 1. The molecule has 0 saturated carbocycles. The summed E-state index contributed by atoms with van der Waals surface area (Å²) < 4.78 is 22.9. The van der Waals surface area contributed by atoms with Crippen molar-refractivity contribution in [1.29, 1.82) is 0 Å². The van der Waals surface area contributed by atoms with Gasteiger partial charge in [0.25, 0.3) is 0 Å². The molecule has 0 aromatic heterocycles. The fourth-order valence-electron chi connectivity index (χ4n) is 2.69. The van der Waals surface area contributed by atoms with Crippen molar-refractivity contribution in [3.05, 3.63) is 0 Å². The summed E-state index contributed by atoms with van der Waals surface area (Å²) in [5, 5.41) is 3.16. The van der Waals surface area contributed by atoms with Gasteiger partial charge in [0.1, 0.15) is 0 Å². The highest BCUT2D eigenvalue weighted by molar-refractivity contribution is 7.91. The van der Waals surface area contributed by atoms with Gasteiger partial charge in [-0.1, -0.05) is 0 Å². The van der Waals surface area contributed by atoms with Crippen LogP contribution < -0.4 is 5.32 Å². The van der Waals surface area contributed by atoms with Crippen LogP contribution in [0.15, 0.2) is 0 Å². The normalized spacial score (nSPS) is 30.8. The van der Waals surface area contributed by atoms with Gasteiger partial charge >= 0.3 is 0 Å². The zero-order chi connectivity index (χ0) is 12.3. The van der Waals surface area contributed by atoms with Gasteiger partial charge in [0.15, 0.2) is 9.84 Å². The summed E-state index contributed by atoms with van der Waals surface area (Å²) in [4.78, 5) is 4.80. The highest BCUT2D eigenvalue weighted by Crippen LogP contribution is 2.18. The fraction of sp³-hybridized carbons (Fsp3) is 1.00. The van der Waals surface area contributed by atoms with Gasteiger partial charge in [0, 0.05) is 45.3 Å². The second-order valence-electron chi connectivity index (χ2n) is 5.04. The molecule has 2 heterocycles. The lowest BCUT2D eigenvalue weighted by Crippen LogP contribution is -2.51. The van der Waals surface area contributed by atoms with Gasteiger partial charge in [-0.15, -0.1) is 0 Å². The molecule has 17 heavy (non-hydrogen) atoms. The lowest BCUT2D eigenvalue weighted by molar-refractivity contribution is 0.105. The second kappa shape index (κ2) is 5.65. The quantitative estimate of drug-likeness (QED) is 0.704. The summed E-state index contributed by atoms with van der Waals surface area (Å²) in [7, 11) is -0.766. The van der Waals surface area contributed by atoms with Crippen molar-refractivity contribution in [3.63, 3.8) is 0 Å². The molecule has 2 aliphatic rings. The molecule has 0 spiro atoms. The molecule has 5 nitrogen and oxygen atoms in total. The average Bonchev–Trinajstić information content (AvgIpc) is 2.68. The Kier molecular flexibility index (Phi) is 4.41. The first-order valence-electron chi connectivity index (χ1n) is 6.42. The molecule has 1 N–H and O–H groups in total. The van der Waals surface area contributed by atoms with Crippen molar-refractivity contribution in [2.24, 2.45) is 0 Å². The van der Waals surface area contributed by atoms with E-state index in [-0.39, 0.29) is 6.04 Å². The van der Waals surface area contributed by atoms with Crippen LogP contribution in [-0.2, 0) is 9.84 Å². The molecule has 0 amide bonds. The summed E-state index contributed by atoms with van der Waals surface area (Å²) >= 11 is 0. The molecule has 2 saturated heterocycles. The molecule has 0 aromatic carbocycles. The molecule has 100 valence electrons. The lowest BCUT2D eigenvalue weighted by atomic mass is 10.2. The predicted octanol–water partition coefficient (Wildman–Crippen LogP) is -0.989. The maximum atomic E-state index is 11.4. The highest BCUT2D eigenvalue weighted by atomic mass is 32.2. The van der Waals surface area contributed by atoms with E-state index in [1.54, 1.807) is 0 Å². The van der Waals surface area contributed by atoms with Gasteiger partial charge in [0.05, 0.1) is 11.5 Å². The number of nitrogens with one attached hydrogen (secondary N) is 1. The second-order valence-corrected chi connectivity index (χ2v) is 7.27. The van der Waals surface area contributed by atoms with E-state index in [0.717, 1.165) is 45.7 Å². The van der Waals surface area contributed by atoms with Crippen LogP contribution >= 0.6 is 0 Å². The number of nitrogens with zero attached hydrogens (tertiary/aromatic N) is 2. The number of hydrogen-bond donors (Lipinski definition) is 1. The minimum absolute atomic E-state index is 0.284. The standard InChI is InChI=1S/C11H23N3O2S/c1-12-3-4-13-5-7-14(8-6-13)11-2-9-17(15,16)10-11/h11-12H,2-10H2,1H3. The van der Waals surface area contributed by atoms with Crippen LogP contribution in [0.25, 0.3) is 0 Å². The predicted molar refractivity (Wildman–Crippen MR) is 69.0 cm³/mol. The van der Waals surface area contributed by atoms with E-state index in [0.29, 0.717) is 11.5 Å². The van der Waals surface area contributed by atoms with Crippen LogP contribution in [0.1, 0.15) is 6.42 Å². The van der Waals surface area contributed by atoms with Gasteiger partial charge in [-0.2, -0.15) is 0 Å². The van der Waals surface area contributed by atoms with Gasteiger partial charge in [-0.3, -0.25) is 9.80 Å². The molecule has 6 heteroatoms. The third-order valence-electron chi connectivity index (χ3n) is 3.81. The van der Waals surface area contributed by atoms with Gasteiger partial charge in [0.2, 0.25) is 0 Å². The van der Waals surface area contributed by atoms with E-state index in [1.165, 1.54) is 0 Å². The minimum atomic E-state index is -2.74. The summed E-state index contributed by atoms with van der Waals surface area (Å²) in [5.74, 6) is 0.765. The van der Waals surface area contributed by atoms with Crippen LogP contribution in [0.2, 0.25) is 0 Å². The summed E-state index contributed by atoms with van der Waals surface area (Å²) in [6.45, 7) is 6.29.